The normalized spacial score (nSPS) is 18.2. The third kappa shape index (κ3) is 3.42. The molecule has 0 saturated heterocycles. The number of carbonyl (C=O) groups excluding carboxylic acids is 2. The first kappa shape index (κ1) is 19.3. The van der Waals surface area contributed by atoms with E-state index < -0.39 is 0 Å². The zero-order chi connectivity index (χ0) is 20.5. The number of hydrogen-bond donors (Lipinski definition) is 0. The number of para-hydroxylation sites is 2. The summed E-state index contributed by atoms with van der Waals surface area (Å²) in [7, 11) is 0. The quantitative estimate of drug-likeness (QED) is 0.647. The molecule has 0 N–H and O–H groups in total. The summed E-state index contributed by atoms with van der Waals surface area (Å²) >= 11 is 1.12. The smallest absolute Gasteiger partial charge is 0.272 e. The van der Waals surface area contributed by atoms with E-state index >= 15 is 0 Å². The van der Waals surface area contributed by atoms with Crippen molar-refractivity contribution < 1.29 is 9.59 Å². The third-order valence-electron chi connectivity index (χ3n) is 5.31. The van der Waals surface area contributed by atoms with Crippen molar-refractivity contribution in [2.45, 2.75) is 39.3 Å². The molecule has 148 valence electrons. The molecule has 0 fully saturated rings. The van der Waals surface area contributed by atoms with Crippen molar-refractivity contribution in [3.8, 4) is 0 Å². The molecule has 0 spiro atoms. The van der Waals surface area contributed by atoms with Crippen LogP contribution < -0.4 is 9.80 Å². The minimum absolute atomic E-state index is 0.0227. The van der Waals surface area contributed by atoms with Gasteiger partial charge in [-0.25, -0.2) is 0 Å². The Hall–Kier alpha value is -3.06. The summed E-state index contributed by atoms with van der Waals surface area (Å²) in [5.41, 5.74) is 3.29. The number of hydrogen-bond acceptors (Lipinski definition) is 5. The highest BCUT2D eigenvalue weighted by Crippen LogP contribution is 2.42. The molecule has 29 heavy (non-hydrogen) atoms. The van der Waals surface area contributed by atoms with E-state index in [9.17, 15) is 9.59 Å². The lowest BCUT2D eigenvalue weighted by Gasteiger charge is -2.43. The van der Waals surface area contributed by atoms with E-state index in [0.29, 0.717) is 17.0 Å². The van der Waals surface area contributed by atoms with Crippen LogP contribution in [0.4, 0.5) is 11.4 Å². The molecule has 0 aliphatic carbocycles. The monoisotopic (exact) mass is 406 g/mol. The maximum atomic E-state index is 13.3. The second-order valence-electron chi connectivity index (χ2n) is 7.25. The summed E-state index contributed by atoms with van der Waals surface area (Å²) < 4.78 is 3.92. The zero-order valence-corrected chi connectivity index (χ0v) is 17.4. The zero-order valence-electron chi connectivity index (χ0n) is 16.6. The van der Waals surface area contributed by atoms with E-state index in [1.807, 2.05) is 71.3 Å². The Bertz CT molecular complexity index is 1050. The predicted octanol–water partition coefficient (Wildman–Crippen LogP) is 4.38. The second kappa shape index (κ2) is 7.75. The topological polar surface area (TPSA) is 66.4 Å². The lowest BCUT2D eigenvalue weighted by molar-refractivity contribution is -0.117. The highest BCUT2D eigenvalue weighted by atomic mass is 32.1. The van der Waals surface area contributed by atoms with Crippen LogP contribution in [0.15, 0.2) is 54.6 Å². The number of fused-ring (bicyclic) bond motifs is 1. The third-order valence-corrected chi connectivity index (χ3v) is 6.13. The van der Waals surface area contributed by atoms with Crippen LogP contribution in [0.1, 0.15) is 47.2 Å². The van der Waals surface area contributed by atoms with Gasteiger partial charge in [-0.05, 0) is 55.6 Å². The van der Waals surface area contributed by atoms with E-state index in [-0.39, 0.29) is 23.9 Å². The van der Waals surface area contributed by atoms with E-state index in [1.165, 1.54) is 0 Å². The second-order valence-corrected chi connectivity index (χ2v) is 8.00. The highest BCUT2D eigenvalue weighted by molar-refractivity contribution is 7.08. The standard InChI is InChI=1S/C22H22N4O2S/c1-14-13-20(26(16(3)27)17-9-5-4-6-10-17)18-11-7-8-12-19(18)25(14)22(28)21-15(2)23-24-29-21/h4-12,14,20H,13H2,1-3H3. The van der Waals surface area contributed by atoms with Gasteiger partial charge in [0, 0.05) is 24.3 Å². The van der Waals surface area contributed by atoms with Crippen LogP contribution in [-0.4, -0.2) is 27.4 Å². The van der Waals surface area contributed by atoms with Crippen LogP contribution in [0.25, 0.3) is 0 Å². The van der Waals surface area contributed by atoms with Crippen molar-refractivity contribution in [1.29, 1.82) is 0 Å². The van der Waals surface area contributed by atoms with Gasteiger partial charge in [-0.1, -0.05) is 40.9 Å². The Morgan fingerprint density at radius 3 is 2.45 bits per heavy atom. The van der Waals surface area contributed by atoms with Gasteiger partial charge in [-0.2, -0.15) is 0 Å². The molecule has 6 nitrogen and oxygen atoms in total. The largest absolute Gasteiger partial charge is 0.305 e. The predicted molar refractivity (Wildman–Crippen MR) is 114 cm³/mol. The van der Waals surface area contributed by atoms with Crippen molar-refractivity contribution >= 4 is 34.7 Å². The minimum atomic E-state index is -0.147. The maximum absolute atomic E-state index is 13.3. The van der Waals surface area contributed by atoms with Crippen LogP contribution in [0.3, 0.4) is 0 Å². The van der Waals surface area contributed by atoms with Crippen LogP contribution in [0.2, 0.25) is 0 Å². The number of anilines is 2. The highest BCUT2D eigenvalue weighted by Gasteiger charge is 2.38. The van der Waals surface area contributed by atoms with Crippen molar-refractivity contribution in [3.05, 3.63) is 70.7 Å². The molecule has 0 bridgehead atoms. The summed E-state index contributed by atoms with van der Waals surface area (Å²) in [6.45, 7) is 5.41. The van der Waals surface area contributed by atoms with Crippen molar-refractivity contribution in [2.75, 3.05) is 9.80 Å². The van der Waals surface area contributed by atoms with Gasteiger partial charge < -0.3 is 9.80 Å². The number of aryl methyl sites for hydroxylation is 1. The SMILES string of the molecule is CC(=O)N(c1ccccc1)C1CC(C)N(C(=O)c2snnc2C)c2ccccc21. The van der Waals surface area contributed by atoms with Gasteiger partial charge >= 0.3 is 0 Å². The molecule has 2 heterocycles. The van der Waals surface area contributed by atoms with Crippen molar-refractivity contribution in [2.24, 2.45) is 0 Å². The fourth-order valence-electron chi connectivity index (χ4n) is 4.04. The maximum Gasteiger partial charge on any atom is 0.272 e. The lowest BCUT2D eigenvalue weighted by atomic mass is 9.89. The number of rotatable bonds is 3. The molecule has 1 aromatic heterocycles. The Labute approximate surface area is 173 Å². The average molecular weight is 407 g/mol. The molecule has 0 radical (unpaired) electrons. The van der Waals surface area contributed by atoms with Crippen LogP contribution in [0, 0.1) is 6.92 Å². The summed E-state index contributed by atoms with van der Waals surface area (Å²) in [5.74, 6) is -0.115. The molecule has 1 aliphatic heterocycles. The molecule has 2 aromatic carbocycles. The van der Waals surface area contributed by atoms with Gasteiger partial charge in [0.2, 0.25) is 5.91 Å². The molecule has 0 saturated carbocycles. The molecular weight excluding hydrogens is 384 g/mol. The fraction of sp³-hybridized carbons (Fsp3) is 0.273. The first-order valence-electron chi connectivity index (χ1n) is 9.55. The van der Waals surface area contributed by atoms with Gasteiger partial charge in [-0.15, -0.1) is 5.10 Å². The molecule has 2 amide bonds. The summed E-state index contributed by atoms with van der Waals surface area (Å²) in [6.07, 6.45) is 0.641. The minimum Gasteiger partial charge on any atom is -0.305 e. The number of aromatic nitrogens is 2. The first-order chi connectivity index (χ1) is 14.0. The first-order valence-corrected chi connectivity index (χ1v) is 10.3. The van der Waals surface area contributed by atoms with Gasteiger partial charge in [0.25, 0.3) is 5.91 Å². The van der Waals surface area contributed by atoms with Gasteiger partial charge in [0.1, 0.15) is 4.88 Å². The molecule has 4 rings (SSSR count). The molecule has 2 atom stereocenters. The van der Waals surface area contributed by atoms with Gasteiger partial charge in [-0.3, -0.25) is 9.59 Å². The molecule has 7 heteroatoms. The Balaban J connectivity index is 1.80. The van der Waals surface area contributed by atoms with Crippen LogP contribution >= 0.6 is 11.5 Å². The van der Waals surface area contributed by atoms with E-state index in [0.717, 1.165) is 28.5 Å². The fourth-order valence-corrected chi connectivity index (χ4v) is 4.64. The van der Waals surface area contributed by atoms with Crippen LogP contribution in [-0.2, 0) is 4.79 Å². The number of benzene rings is 2. The van der Waals surface area contributed by atoms with Gasteiger partial charge in [0.15, 0.2) is 0 Å². The Kier molecular flexibility index (Phi) is 5.15. The summed E-state index contributed by atoms with van der Waals surface area (Å²) in [6, 6.07) is 17.3. The average Bonchev–Trinajstić information content (AvgIpc) is 3.14. The number of nitrogens with zero attached hydrogens (tertiary/aromatic N) is 4. The lowest BCUT2D eigenvalue weighted by Crippen LogP contribution is -2.47. The number of carbonyl (C=O) groups is 2. The van der Waals surface area contributed by atoms with E-state index in [2.05, 4.69) is 9.59 Å². The van der Waals surface area contributed by atoms with E-state index in [1.54, 1.807) is 13.8 Å². The molecular formula is C22H22N4O2S. The molecule has 1 aliphatic rings. The van der Waals surface area contributed by atoms with Crippen LogP contribution in [0.5, 0.6) is 0 Å². The Morgan fingerprint density at radius 2 is 1.79 bits per heavy atom. The summed E-state index contributed by atoms with van der Waals surface area (Å²) in [4.78, 5) is 30.1. The molecule has 2 unspecified atom stereocenters. The summed E-state index contributed by atoms with van der Waals surface area (Å²) in [5, 5.41) is 3.99. The molecule has 3 aromatic rings. The van der Waals surface area contributed by atoms with E-state index in [4.69, 9.17) is 0 Å². The Morgan fingerprint density at radius 1 is 1.10 bits per heavy atom. The van der Waals surface area contributed by atoms with Crippen molar-refractivity contribution in [1.82, 2.24) is 9.59 Å². The number of amides is 2. The van der Waals surface area contributed by atoms with Gasteiger partial charge in [0.05, 0.1) is 11.7 Å². The van der Waals surface area contributed by atoms with Crippen molar-refractivity contribution in [3.63, 3.8) is 0 Å².